The highest BCUT2D eigenvalue weighted by molar-refractivity contribution is 5.96. The summed E-state index contributed by atoms with van der Waals surface area (Å²) < 4.78 is 1.83. The molecule has 6 heteroatoms. The molecule has 0 aromatic carbocycles. The SMILES string of the molecule is CCn1nc(C)c(NC(=O)[C@@H]2CCCC[C@H]2C(=O)O)c1C. The highest BCUT2D eigenvalue weighted by atomic mass is 16.4. The lowest BCUT2D eigenvalue weighted by atomic mass is 9.78. The molecule has 1 aliphatic carbocycles. The van der Waals surface area contributed by atoms with E-state index in [1.807, 2.05) is 25.5 Å². The molecule has 2 rings (SSSR count). The molecule has 21 heavy (non-hydrogen) atoms. The largest absolute Gasteiger partial charge is 0.481 e. The van der Waals surface area contributed by atoms with Crippen LogP contribution in [0.5, 0.6) is 0 Å². The highest BCUT2D eigenvalue weighted by Gasteiger charge is 2.36. The van der Waals surface area contributed by atoms with Crippen LogP contribution in [0.4, 0.5) is 5.69 Å². The lowest BCUT2D eigenvalue weighted by Crippen LogP contribution is -2.36. The quantitative estimate of drug-likeness (QED) is 0.892. The van der Waals surface area contributed by atoms with E-state index in [2.05, 4.69) is 10.4 Å². The summed E-state index contributed by atoms with van der Waals surface area (Å²) in [4.78, 5) is 23.8. The minimum Gasteiger partial charge on any atom is -0.481 e. The smallest absolute Gasteiger partial charge is 0.307 e. The molecule has 0 unspecified atom stereocenters. The van der Waals surface area contributed by atoms with Gasteiger partial charge in [0.1, 0.15) is 0 Å². The Morgan fingerprint density at radius 1 is 1.29 bits per heavy atom. The van der Waals surface area contributed by atoms with Gasteiger partial charge in [-0.25, -0.2) is 0 Å². The number of hydrogen-bond donors (Lipinski definition) is 2. The second kappa shape index (κ2) is 6.28. The normalized spacial score (nSPS) is 22.0. The van der Waals surface area contributed by atoms with Gasteiger partial charge in [-0.3, -0.25) is 14.3 Å². The number of rotatable bonds is 4. The number of carbonyl (C=O) groups is 2. The fourth-order valence-electron chi connectivity index (χ4n) is 3.14. The predicted octanol–water partition coefficient (Wildman–Crippen LogP) is 2.35. The van der Waals surface area contributed by atoms with E-state index in [9.17, 15) is 14.7 Å². The van der Waals surface area contributed by atoms with E-state index < -0.39 is 17.8 Å². The van der Waals surface area contributed by atoms with Crippen molar-refractivity contribution in [2.75, 3.05) is 5.32 Å². The van der Waals surface area contributed by atoms with Crippen molar-refractivity contribution in [3.8, 4) is 0 Å². The average molecular weight is 293 g/mol. The summed E-state index contributed by atoms with van der Waals surface area (Å²) in [5.41, 5.74) is 2.40. The fourth-order valence-corrected chi connectivity index (χ4v) is 3.14. The van der Waals surface area contributed by atoms with Crippen LogP contribution in [-0.4, -0.2) is 26.8 Å². The summed E-state index contributed by atoms with van der Waals surface area (Å²) >= 11 is 0. The van der Waals surface area contributed by atoms with Crippen LogP contribution in [0.25, 0.3) is 0 Å². The molecule has 1 heterocycles. The number of nitrogens with zero attached hydrogens (tertiary/aromatic N) is 2. The third kappa shape index (κ3) is 3.09. The Labute approximate surface area is 124 Å². The first kappa shape index (κ1) is 15.5. The van der Waals surface area contributed by atoms with Gasteiger partial charge in [0.15, 0.2) is 0 Å². The lowest BCUT2D eigenvalue weighted by molar-refractivity contribution is -0.147. The molecule has 0 spiro atoms. The molecule has 0 aliphatic heterocycles. The van der Waals surface area contributed by atoms with Gasteiger partial charge in [-0.2, -0.15) is 5.10 Å². The van der Waals surface area contributed by atoms with Gasteiger partial charge in [0.25, 0.3) is 0 Å². The summed E-state index contributed by atoms with van der Waals surface area (Å²) in [6.07, 6.45) is 3.02. The van der Waals surface area contributed by atoms with Crippen molar-refractivity contribution in [2.45, 2.75) is 53.0 Å². The van der Waals surface area contributed by atoms with E-state index in [0.717, 1.165) is 36.5 Å². The third-order valence-electron chi connectivity index (χ3n) is 4.35. The summed E-state index contributed by atoms with van der Waals surface area (Å²) in [6.45, 7) is 6.50. The number of anilines is 1. The molecule has 2 N–H and O–H groups in total. The molecular weight excluding hydrogens is 270 g/mol. The zero-order valence-corrected chi connectivity index (χ0v) is 12.8. The molecule has 1 aromatic heterocycles. The number of aliphatic carboxylic acids is 1. The Morgan fingerprint density at radius 2 is 1.90 bits per heavy atom. The number of carboxylic acids is 1. The van der Waals surface area contributed by atoms with Gasteiger partial charge < -0.3 is 10.4 Å². The van der Waals surface area contributed by atoms with Crippen molar-refractivity contribution in [2.24, 2.45) is 11.8 Å². The first-order valence-corrected chi connectivity index (χ1v) is 7.53. The molecule has 116 valence electrons. The maximum atomic E-state index is 12.5. The topological polar surface area (TPSA) is 84.2 Å². The minimum absolute atomic E-state index is 0.191. The van der Waals surface area contributed by atoms with Crippen molar-refractivity contribution in [1.82, 2.24) is 9.78 Å². The van der Waals surface area contributed by atoms with Gasteiger partial charge in [-0.1, -0.05) is 12.8 Å². The molecule has 0 saturated heterocycles. The number of carbonyl (C=O) groups excluding carboxylic acids is 1. The van der Waals surface area contributed by atoms with Gasteiger partial charge >= 0.3 is 5.97 Å². The Morgan fingerprint density at radius 3 is 2.43 bits per heavy atom. The van der Waals surface area contributed by atoms with E-state index in [4.69, 9.17) is 0 Å². The fraction of sp³-hybridized carbons (Fsp3) is 0.667. The van der Waals surface area contributed by atoms with Gasteiger partial charge in [0.2, 0.25) is 5.91 Å². The van der Waals surface area contributed by atoms with Crippen LogP contribution < -0.4 is 5.32 Å². The second-order valence-corrected chi connectivity index (χ2v) is 5.69. The Hall–Kier alpha value is -1.85. The van der Waals surface area contributed by atoms with Crippen LogP contribution in [-0.2, 0) is 16.1 Å². The standard InChI is InChI=1S/C15H23N3O3/c1-4-18-10(3)13(9(2)17-18)16-14(19)11-7-5-6-8-12(11)15(20)21/h11-12H,4-8H2,1-3H3,(H,16,19)(H,20,21)/t11-,12-/m1/s1. The maximum absolute atomic E-state index is 12.5. The van der Waals surface area contributed by atoms with Gasteiger partial charge in [0.05, 0.1) is 28.9 Å². The molecule has 0 bridgehead atoms. The first-order chi connectivity index (χ1) is 9.95. The number of aromatic nitrogens is 2. The van der Waals surface area contributed by atoms with Crippen LogP contribution in [0, 0.1) is 25.7 Å². The Bertz CT molecular complexity index is 551. The Balaban J connectivity index is 2.17. The molecule has 6 nitrogen and oxygen atoms in total. The van der Waals surface area contributed by atoms with Crippen LogP contribution >= 0.6 is 0 Å². The molecular formula is C15H23N3O3. The summed E-state index contributed by atoms with van der Waals surface area (Å²) in [7, 11) is 0. The van der Waals surface area contributed by atoms with Crippen molar-refractivity contribution in [3.05, 3.63) is 11.4 Å². The van der Waals surface area contributed by atoms with E-state index >= 15 is 0 Å². The summed E-state index contributed by atoms with van der Waals surface area (Å²) in [6, 6.07) is 0. The number of hydrogen-bond acceptors (Lipinski definition) is 3. The molecule has 1 aromatic rings. The Kier molecular flexibility index (Phi) is 4.65. The molecule has 2 atom stereocenters. The van der Waals surface area contributed by atoms with Crippen molar-refractivity contribution in [1.29, 1.82) is 0 Å². The van der Waals surface area contributed by atoms with E-state index in [-0.39, 0.29) is 5.91 Å². The second-order valence-electron chi connectivity index (χ2n) is 5.69. The van der Waals surface area contributed by atoms with Crippen LogP contribution in [0.3, 0.4) is 0 Å². The van der Waals surface area contributed by atoms with E-state index in [1.165, 1.54) is 0 Å². The monoisotopic (exact) mass is 293 g/mol. The van der Waals surface area contributed by atoms with Gasteiger partial charge in [-0.15, -0.1) is 0 Å². The molecule has 1 aliphatic rings. The van der Waals surface area contributed by atoms with Crippen LogP contribution in [0.2, 0.25) is 0 Å². The van der Waals surface area contributed by atoms with E-state index in [1.54, 1.807) is 0 Å². The van der Waals surface area contributed by atoms with Crippen LogP contribution in [0.1, 0.15) is 44.0 Å². The molecule has 1 fully saturated rings. The van der Waals surface area contributed by atoms with Crippen molar-refractivity contribution in [3.63, 3.8) is 0 Å². The lowest BCUT2D eigenvalue weighted by Gasteiger charge is -2.27. The predicted molar refractivity (Wildman–Crippen MR) is 79.1 cm³/mol. The van der Waals surface area contributed by atoms with E-state index in [0.29, 0.717) is 12.8 Å². The molecule has 1 amide bonds. The zero-order chi connectivity index (χ0) is 15.6. The molecule has 0 radical (unpaired) electrons. The van der Waals surface area contributed by atoms with Gasteiger partial charge in [0, 0.05) is 6.54 Å². The summed E-state index contributed by atoms with van der Waals surface area (Å²) in [5, 5.41) is 16.5. The van der Waals surface area contributed by atoms with Gasteiger partial charge in [-0.05, 0) is 33.6 Å². The summed E-state index contributed by atoms with van der Waals surface area (Å²) in [5.74, 6) is -2.07. The minimum atomic E-state index is -0.868. The van der Waals surface area contributed by atoms with Crippen LogP contribution in [0.15, 0.2) is 0 Å². The average Bonchev–Trinajstić information content (AvgIpc) is 2.74. The highest BCUT2D eigenvalue weighted by Crippen LogP contribution is 2.32. The zero-order valence-electron chi connectivity index (χ0n) is 12.8. The number of nitrogens with one attached hydrogen (secondary N) is 1. The number of amides is 1. The number of aryl methyl sites for hydroxylation is 2. The molecule has 1 saturated carbocycles. The first-order valence-electron chi connectivity index (χ1n) is 7.53. The number of carboxylic acid groups (broad SMARTS) is 1. The maximum Gasteiger partial charge on any atom is 0.307 e. The third-order valence-corrected chi connectivity index (χ3v) is 4.35. The van der Waals surface area contributed by atoms with Crippen molar-refractivity contribution < 1.29 is 14.7 Å². The van der Waals surface area contributed by atoms with Crippen molar-refractivity contribution >= 4 is 17.6 Å².